The molecule has 1 aliphatic heterocycles. The van der Waals surface area contributed by atoms with Gasteiger partial charge in [0.25, 0.3) is 0 Å². The summed E-state index contributed by atoms with van der Waals surface area (Å²) in [5.74, 6) is -0.205. The molecule has 1 saturated carbocycles. The average molecular weight is 202 g/mol. The fourth-order valence-electron chi connectivity index (χ4n) is 2.23. The van der Waals surface area contributed by atoms with E-state index in [1.807, 2.05) is 6.07 Å². The summed E-state index contributed by atoms with van der Waals surface area (Å²) in [6.45, 7) is 0.656. The summed E-state index contributed by atoms with van der Waals surface area (Å²) in [5, 5.41) is 3.18. The lowest BCUT2D eigenvalue weighted by atomic mass is 9.96. The number of ketones is 1. The van der Waals surface area contributed by atoms with Crippen molar-refractivity contribution < 1.29 is 9.59 Å². The molecule has 3 N–H and O–H groups in total. The number of nitrogens with one attached hydrogen (secondary N) is 1. The Morgan fingerprint density at radius 2 is 2.20 bits per heavy atom. The third-order valence-corrected chi connectivity index (χ3v) is 3.27. The third-order valence-electron chi connectivity index (χ3n) is 3.27. The molecule has 1 fully saturated rings. The molecule has 1 unspecified atom stereocenters. The lowest BCUT2D eigenvalue weighted by Crippen LogP contribution is -2.14. The van der Waals surface area contributed by atoms with Gasteiger partial charge in [-0.05, 0) is 23.8 Å². The van der Waals surface area contributed by atoms with Crippen molar-refractivity contribution in [2.45, 2.75) is 11.8 Å². The second-order valence-electron chi connectivity index (χ2n) is 4.16. The standard InChI is InChI=1S/C11H10N2O2/c12-10(15)6-1-2-8-7(3-6)11(5-13-8)4-9(11)14/h1-3,13H,4-5H2,(H2,12,15). The van der Waals surface area contributed by atoms with Gasteiger partial charge < -0.3 is 11.1 Å². The molecule has 0 radical (unpaired) electrons. The van der Waals surface area contributed by atoms with Crippen molar-refractivity contribution in [1.29, 1.82) is 0 Å². The molecular formula is C11H10N2O2. The van der Waals surface area contributed by atoms with Gasteiger partial charge in [0, 0.05) is 24.2 Å². The summed E-state index contributed by atoms with van der Waals surface area (Å²) in [6, 6.07) is 5.23. The molecule has 2 aliphatic rings. The van der Waals surface area contributed by atoms with Crippen LogP contribution in [-0.2, 0) is 10.2 Å². The van der Waals surface area contributed by atoms with Crippen molar-refractivity contribution in [3.63, 3.8) is 0 Å². The minimum absolute atomic E-state index is 0.246. The third kappa shape index (κ3) is 0.960. The molecule has 3 rings (SSSR count). The van der Waals surface area contributed by atoms with Crippen LogP contribution in [0.15, 0.2) is 18.2 Å². The molecule has 1 spiro atoms. The van der Waals surface area contributed by atoms with Crippen LogP contribution in [0.4, 0.5) is 5.69 Å². The SMILES string of the molecule is NC(=O)c1ccc2c(c1)C1(CN2)CC1=O. The molecule has 4 nitrogen and oxygen atoms in total. The molecule has 0 bridgehead atoms. The minimum Gasteiger partial charge on any atom is -0.383 e. The van der Waals surface area contributed by atoms with E-state index in [-0.39, 0.29) is 11.2 Å². The molecule has 0 aromatic heterocycles. The highest BCUT2D eigenvalue weighted by molar-refractivity contribution is 6.10. The number of nitrogens with two attached hydrogens (primary N) is 1. The van der Waals surface area contributed by atoms with Gasteiger partial charge in [-0.25, -0.2) is 0 Å². The number of hydrogen-bond acceptors (Lipinski definition) is 3. The topological polar surface area (TPSA) is 72.2 Å². The highest BCUT2D eigenvalue weighted by Crippen LogP contribution is 2.51. The van der Waals surface area contributed by atoms with Crippen LogP contribution in [0.25, 0.3) is 0 Å². The quantitative estimate of drug-likeness (QED) is 0.693. The summed E-state index contributed by atoms with van der Waals surface area (Å²) < 4.78 is 0. The van der Waals surface area contributed by atoms with Gasteiger partial charge in [0.05, 0.1) is 5.41 Å². The Balaban J connectivity index is 2.15. The van der Waals surface area contributed by atoms with Crippen molar-refractivity contribution in [1.82, 2.24) is 0 Å². The van der Waals surface area contributed by atoms with Crippen molar-refractivity contribution in [3.8, 4) is 0 Å². The number of carbonyl (C=O) groups is 2. The van der Waals surface area contributed by atoms with Gasteiger partial charge in [0.2, 0.25) is 5.91 Å². The van der Waals surface area contributed by atoms with E-state index in [4.69, 9.17) is 5.73 Å². The number of primary amides is 1. The van der Waals surface area contributed by atoms with E-state index in [9.17, 15) is 9.59 Å². The molecule has 1 amide bonds. The van der Waals surface area contributed by atoms with Crippen molar-refractivity contribution >= 4 is 17.4 Å². The minimum atomic E-state index is -0.451. The maximum Gasteiger partial charge on any atom is 0.248 e. The van der Waals surface area contributed by atoms with Crippen LogP contribution in [-0.4, -0.2) is 18.2 Å². The van der Waals surface area contributed by atoms with E-state index < -0.39 is 5.91 Å². The monoisotopic (exact) mass is 202 g/mol. The Kier molecular flexibility index (Phi) is 1.35. The Morgan fingerprint density at radius 1 is 1.47 bits per heavy atom. The first-order chi connectivity index (χ1) is 7.13. The number of hydrogen-bond donors (Lipinski definition) is 2. The first kappa shape index (κ1) is 8.47. The summed E-state index contributed by atoms with van der Waals surface area (Å²) in [4.78, 5) is 22.4. The summed E-state index contributed by atoms with van der Waals surface area (Å²) in [7, 11) is 0. The largest absolute Gasteiger partial charge is 0.383 e. The van der Waals surface area contributed by atoms with Crippen molar-refractivity contribution in [2.75, 3.05) is 11.9 Å². The molecule has 1 heterocycles. The number of carbonyl (C=O) groups excluding carboxylic acids is 2. The molecule has 4 heteroatoms. The van der Waals surface area contributed by atoms with Gasteiger partial charge >= 0.3 is 0 Å². The zero-order valence-corrected chi connectivity index (χ0v) is 8.04. The van der Waals surface area contributed by atoms with Gasteiger partial charge in [-0.15, -0.1) is 0 Å². The predicted molar refractivity (Wildman–Crippen MR) is 54.8 cm³/mol. The fraction of sp³-hybridized carbons (Fsp3) is 0.273. The first-order valence-electron chi connectivity index (χ1n) is 4.85. The summed E-state index contributed by atoms with van der Waals surface area (Å²) in [6.07, 6.45) is 0.579. The van der Waals surface area contributed by atoms with E-state index in [2.05, 4.69) is 5.32 Å². The maximum absolute atomic E-state index is 11.4. The van der Waals surface area contributed by atoms with Crippen LogP contribution in [0.2, 0.25) is 0 Å². The Hall–Kier alpha value is -1.84. The lowest BCUT2D eigenvalue weighted by Gasteiger charge is -2.04. The number of rotatable bonds is 1. The van der Waals surface area contributed by atoms with Gasteiger partial charge in [-0.2, -0.15) is 0 Å². The summed E-state index contributed by atoms with van der Waals surface area (Å²) in [5.41, 5.74) is 7.21. The van der Waals surface area contributed by atoms with Gasteiger partial charge in [-0.3, -0.25) is 9.59 Å². The Bertz CT molecular complexity index is 495. The van der Waals surface area contributed by atoms with E-state index in [1.54, 1.807) is 12.1 Å². The number of benzene rings is 1. The van der Waals surface area contributed by atoms with E-state index in [0.717, 1.165) is 11.3 Å². The Morgan fingerprint density at radius 3 is 2.80 bits per heavy atom. The molecule has 1 atom stereocenters. The normalized spacial score (nSPS) is 26.3. The second kappa shape index (κ2) is 2.39. The van der Waals surface area contributed by atoms with E-state index in [0.29, 0.717) is 18.5 Å². The molecule has 15 heavy (non-hydrogen) atoms. The number of anilines is 1. The smallest absolute Gasteiger partial charge is 0.248 e. The number of amides is 1. The lowest BCUT2D eigenvalue weighted by molar-refractivity contribution is -0.111. The number of fused-ring (bicyclic) bond motifs is 2. The van der Waals surface area contributed by atoms with Crippen LogP contribution in [0.3, 0.4) is 0 Å². The van der Waals surface area contributed by atoms with Crippen LogP contribution in [0, 0.1) is 0 Å². The van der Waals surface area contributed by atoms with Crippen LogP contribution >= 0.6 is 0 Å². The highest BCUT2D eigenvalue weighted by atomic mass is 16.1. The van der Waals surface area contributed by atoms with Crippen LogP contribution in [0.5, 0.6) is 0 Å². The molecule has 1 aliphatic carbocycles. The Labute approximate surface area is 86.5 Å². The zero-order valence-electron chi connectivity index (χ0n) is 8.04. The van der Waals surface area contributed by atoms with Crippen LogP contribution in [0.1, 0.15) is 22.3 Å². The maximum atomic E-state index is 11.4. The van der Waals surface area contributed by atoms with Gasteiger partial charge in [0.1, 0.15) is 5.78 Å². The average Bonchev–Trinajstić information content (AvgIpc) is 2.70. The predicted octanol–water partition coefficient (Wildman–Crippen LogP) is 0.422. The summed E-state index contributed by atoms with van der Waals surface area (Å²) >= 11 is 0. The van der Waals surface area contributed by atoms with Crippen molar-refractivity contribution in [3.05, 3.63) is 29.3 Å². The van der Waals surface area contributed by atoms with Crippen molar-refractivity contribution in [2.24, 2.45) is 5.73 Å². The van der Waals surface area contributed by atoms with Gasteiger partial charge in [-0.1, -0.05) is 0 Å². The molecule has 0 saturated heterocycles. The second-order valence-corrected chi connectivity index (χ2v) is 4.16. The molecular weight excluding hydrogens is 192 g/mol. The molecule has 1 aromatic rings. The molecule has 76 valence electrons. The number of Topliss-reactive ketones (excluding diaryl/α,β-unsaturated/α-hetero) is 1. The first-order valence-corrected chi connectivity index (χ1v) is 4.85. The van der Waals surface area contributed by atoms with E-state index >= 15 is 0 Å². The highest BCUT2D eigenvalue weighted by Gasteiger charge is 2.58. The van der Waals surface area contributed by atoms with Gasteiger partial charge in [0.15, 0.2) is 0 Å². The molecule has 1 aromatic carbocycles. The van der Waals surface area contributed by atoms with Crippen LogP contribution < -0.4 is 11.1 Å². The zero-order chi connectivity index (χ0) is 10.6. The van der Waals surface area contributed by atoms with E-state index in [1.165, 1.54) is 0 Å². The fourth-order valence-corrected chi connectivity index (χ4v) is 2.23.